The maximum atomic E-state index is 12.0. The average Bonchev–Trinajstić information content (AvgIpc) is 3.04. The third-order valence-corrected chi connectivity index (χ3v) is 3.73. The topological polar surface area (TPSA) is 55.8 Å². The van der Waals surface area contributed by atoms with Crippen molar-refractivity contribution in [1.82, 2.24) is 4.90 Å². The molecule has 0 spiro atoms. The smallest absolute Gasteiger partial charge is 0.410 e. The van der Waals surface area contributed by atoms with Crippen molar-refractivity contribution < 1.29 is 19.1 Å². The van der Waals surface area contributed by atoms with Crippen molar-refractivity contribution in [2.45, 2.75) is 32.8 Å². The molecule has 1 aromatic rings. The van der Waals surface area contributed by atoms with E-state index in [9.17, 15) is 9.59 Å². The molecule has 0 N–H and O–H groups in total. The molecule has 0 saturated carbocycles. The first-order valence-corrected chi connectivity index (χ1v) is 7.83. The number of rotatable bonds is 6. The van der Waals surface area contributed by atoms with Crippen LogP contribution in [0.15, 0.2) is 30.3 Å². The van der Waals surface area contributed by atoms with Gasteiger partial charge in [0.1, 0.15) is 6.61 Å². The molecule has 0 radical (unpaired) electrons. The molecule has 5 nitrogen and oxygen atoms in total. The zero-order valence-corrected chi connectivity index (χ0v) is 13.0. The van der Waals surface area contributed by atoms with Gasteiger partial charge in [0, 0.05) is 13.1 Å². The minimum absolute atomic E-state index is 0.202. The molecule has 1 aromatic carbocycles. The first-order chi connectivity index (χ1) is 10.7. The summed E-state index contributed by atoms with van der Waals surface area (Å²) < 4.78 is 10.5. The summed E-state index contributed by atoms with van der Waals surface area (Å²) in [5.74, 6) is -0.423. The lowest BCUT2D eigenvalue weighted by atomic mass is 10.1. The quantitative estimate of drug-likeness (QED) is 0.599. The van der Waals surface area contributed by atoms with Crippen LogP contribution in [0.25, 0.3) is 0 Å². The fourth-order valence-electron chi connectivity index (χ4n) is 2.36. The molecular weight excluding hydrogens is 282 g/mol. The number of amides is 1. The minimum atomic E-state index is -0.368. The summed E-state index contributed by atoms with van der Waals surface area (Å²) in [7, 11) is 0. The first-order valence-electron chi connectivity index (χ1n) is 7.83. The predicted octanol–water partition coefficient (Wildman–Crippen LogP) is 2.99. The average molecular weight is 305 g/mol. The second-order valence-corrected chi connectivity index (χ2v) is 5.49. The zero-order valence-electron chi connectivity index (χ0n) is 13.0. The first kappa shape index (κ1) is 16.3. The Morgan fingerprint density at radius 3 is 2.73 bits per heavy atom. The van der Waals surface area contributed by atoms with Crippen molar-refractivity contribution in [3.8, 4) is 0 Å². The van der Waals surface area contributed by atoms with Gasteiger partial charge in [0.05, 0.1) is 12.5 Å². The number of carbonyl (C=O) groups excluding carboxylic acids is 2. The van der Waals surface area contributed by atoms with Crippen LogP contribution in [0.2, 0.25) is 0 Å². The van der Waals surface area contributed by atoms with E-state index in [1.807, 2.05) is 37.3 Å². The number of hydrogen-bond donors (Lipinski definition) is 0. The summed E-state index contributed by atoms with van der Waals surface area (Å²) >= 11 is 0. The van der Waals surface area contributed by atoms with Crippen molar-refractivity contribution in [2.75, 3.05) is 19.7 Å². The Hall–Kier alpha value is -2.04. The summed E-state index contributed by atoms with van der Waals surface area (Å²) in [5, 5.41) is 0. The summed E-state index contributed by atoms with van der Waals surface area (Å²) in [5.41, 5.74) is 0.950. The largest absolute Gasteiger partial charge is 0.465 e. The van der Waals surface area contributed by atoms with Crippen LogP contribution in [0.4, 0.5) is 4.79 Å². The van der Waals surface area contributed by atoms with Crippen LogP contribution in [0.3, 0.4) is 0 Å². The van der Waals surface area contributed by atoms with Crippen LogP contribution in [0, 0.1) is 5.92 Å². The molecule has 1 fully saturated rings. The summed E-state index contributed by atoms with van der Waals surface area (Å²) in [6.45, 7) is 3.69. The monoisotopic (exact) mass is 305 g/mol. The van der Waals surface area contributed by atoms with Gasteiger partial charge in [-0.1, -0.05) is 43.7 Å². The van der Waals surface area contributed by atoms with Crippen molar-refractivity contribution in [3.05, 3.63) is 35.9 Å². The van der Waals surface area contributed by atoms with E-state index in [1.165, 1.54) is 0 Å². The molecule has 2 rings (SSSR count). The number of carbonyl (C=O) groups is 2. The lowest BCUT2D eigenvalue weighted by molar-refractivity contribution is -0.148. The third kappa shape index (κ3) is 4.76. The van der Waals surface area contributed by atoms with Gasteiger partial charge in [-0.25, -0.2) is 4.79 Å². The van der Waals surface area contributed by atoms with Gasteiger partial charge in [-0.15, -0.1) is 0 Å². The van der Waals surface area contributed by atoms with Gasteiger partial charge in [0.2, 0.25) is 0 Å². The molecule has 1 heterocycles. The summed E-state index contributed by atoms with van der Waals surface area (Å²) in [6, 6.07) is 9.54. The van der Waals surface area contributed by atoms with E-state index in [1.54, 1.807) is 4.90 Å². The lowest BCUT2D eigenvalue weighted by Gasteiger charge is -2.16. The zero-order chi connectivity index (χ0) is 15.8. The fourth-order valence-corrected chi connectivity index (χ4v) is 2.36. The van der Waals surface area contributed by atoms with E-state index in [0.29, 0.717) is 26.1 Å². The van der Waals surface area contributed by atoms with Crippen molar-refractivity contribution in [2.24, 2.45) is 5.92 Å². The van der Waals surface area contributed by atoms with E-state index in [-0.39, 0.29) is 24.6 Å². The normalized spacial score (nSPS) is 17.3. The number of esters is 1. The third-order valence-electron chi connectivity index (χ3n) is 3.73. The van der Waals surface area contributed by atoms with Crippen LogP contribution in [0.1, 0.15) is 31.7 Å². The molecule has 0 bridgehead atoms. The van der Waals surface area contributed by atoms with Crippen LogP contribution >= 0.6 is 0 Å². The number of ether oxygens (including phenoxy) is 2. The summed E-state index contributed by atoms with van der Waals surface area (Å²) in [4.78, 5) is 25.4. The van der Waals surface area contributed by atoms with Crippen molar-refractivity contribution in [3.63, 3.8) is 0 Å². The van der Waals surface area contributed by atoms with Crippen LogP contribution in [-0.4, -0.2) is 36.7 Å². The van der Waals surface area contributed by atoms with Crippen molar-refractivity contribution >= 4 is 12.1 Å². The molecule has 1 aliphatic rings. The Labute approximate surface area is 131 Å². The molecule has 5 heteroatoms. The Kier molecular flexibility index (Phi) is 6.25. The molecule has 120 valence electrons. The van der Waals surface area contributed by atoms with Gasteiger partial charge >= 0.3 is 12.1 Å². The second-order valence-electron chi connectivity index (χ2n) is 5.49. The van der Waals surface area contributed by atoms with E-state index in [0.717, 1.165) is 18.4 Å². The lowest BCUT2D eigenvalue weighted by Crippen LogP contribution is -2.30. The molecule has 0 aromatic heterocycles. The highest BCUT2D eigenvalue weighted by atomic mass is 16.6. The van der Waals surface area contributed by atoms with Gasteiger partial charge in [-0.3, -0.25) is 4.79 Å². The number of hydrogen-bond acceptors (Lipinski definition) is 4. The maximum Gasteiger partial charge on any atom is 0.410 e. The second kappa shape index (κ2) is 8.41. The molecule has 1 aliphatic heterocycles. The minimum Gasteiger partial charge on any atom is -0.465 e. The molecule has 22 heavy (non-hydrogen) atoms. The SMILES string of the molecule is CCCCOC(=O)C1CCN(C(=O)OCc2ccccc2)C1. The van der Waals surface area contributed by atoms with Gasteiger partial charge in [0.15, 0.2) is 0 Å². The van der Waals surface area contributed by atoms with Gasteiger partial charge < -0.3 is 14.4 Å². The molecular formula is C17H23NO4. The van der Waals surface area contributed by atoms with E-state index >= 15 is 0 Å². The van der Waals surface area contributed by atoms with Gasteiger partial charge in [-0.2, -0.15) is 0 Å². The predicted molar refractivity (Wildman–Crippen MR) is 82.2 cm³/mol. The molecule has 1 atom stereocenters. The molecule has 0 aliphatic carbocycles. The van der Waals surface area contributed by atoms with E-state index in [2.05, 4.69) is 0 Å². The Morgan fingerprint density at radius 2 is 2.00 bits per heavy atom. The maximum absolute atomic E-state index is 12.0. The van der Waals surface area contributed by atoms with Crippen molar-refractivity contribution in [1.29, 1.82) is 0 Å². The van der Waals surface area contributed by atoms with Crippen LogP contribution < -0.4 is 0 Å². The van der Waals surface area contributed by atoms with Crippen LogP contribution in [0.5, 0.6) is 0 Å². The Balaban J connectivity index is 1.72. The van der Waals surface area contributed by atoms with E-state index in [4.69, 9.17) is 9.47 Å². The Morgan fingerprint density at radius 1 is 1.23 bits per heavy atom. The van der Waals surface area contributed by atoms with E-state index < -0.39 is 0 Å². The summed E-state index contributed by atoms with van der Waals surface area (Å²) in [6.07, 6.45) is 2.15. The number of unbranched alkanes of at least 4 members (excludes halogenated alkanes) is 1. The number of likely N-dealkylation sites (tertiary alicyclic amines) is 1. The van der Waals surface area contributed by atoms with Crippen LogP contribution in [-0.2, 0) is 20.9 Å². The number of nitrogens with zero attached hydrogens (tertiary/aromatic N) is 1. The van der Waals surface area contributed by atoms with Gasteiger partial charge in [0.25, 0.3) is 0 Å². The highest BCUT2D eigenvalue weighted by Crippen LogP contribution is 2.19. The highest BCUT2D eigenvalue weighted by molar-refractivity contribution is 5.75. The fraction of sp³-hybridized carbons (Fsp3) is 0.529. The molecule has 1 saturated heterocycles. The molecule has 1 unspecified atom stereocenters. The number of benzene rings is 1. The van der Waals surface area contributed by atoms with Gasteiger partial charge in [-0.05, 0) is 18.4 Å². The Bertz CT molecular complexity index is 489. The highest BCUT2D eigenvalue weighted by Gasteiger charge is 2.32. The molecule has 1 amide bonds. The standard InChI is InChI=1S/C17H23NO4/c1-2-3-11-21-16(19)15-9-10-18(12-15)17(20)22-13-14-7-5-4-6-8-14/h4-8,15H,2-3,9-13H2,1H3.